The quantitative estimate of drug-likeness (QED) is 0.516. The molecular formula is C23H25N5O4S. The van der Waals surface area contributed by atoms with Crippen molar-refractivity contribution in [3.05, 3.63) is 72.4 Å². The summed E-state index contributed by atoms with van der Waals surface area (Å²) in [5.74, 6) is -0.160. The molecule has 1 aliphatic rings. The van der Waals surface area contributed by atoms with Gasteiger partial charge in [-0.1, -0.05) is 12.1 Å². The Morgan fingerprint density at radius 2 is 1.82 bits per heavy atom. The highest BCUT2D eigenvalue weighted by Gasteiger charge is 2.27. The predicted octanol–water partition coefficient (Wildman–Crippen LogP) is 2.27. The highest BCUT2D eigenvalue weighted by atomic mass is 32.2. The lowest BCUT2D eigenvalue weighted by atomic mass is 10.1. The maximum absolute atomic E-state index is 13.2. The highest BCUT2D eigenvalue weighted by molar-refractivity contribution is 7.88. The molecule has 1 aliphatic heterocycles. The van der Waals surface area contributed by atoms with Gasteiger partial charge in [-0.3, -0.25) is 4.79 Å². The molecule has 1 fully saturated rings. The number of nitrogens with zero attached hydrogens (tertiary/aromatic N) is 5. The first-order chi connectivity index (χ1) is 15.8. The molecule has 33 heavy (non-hydrogen) atoms. The minimum Gasteiger partial charge on any atom is -0.504 e. The summed E-state index contributed by atoms with van der Waals surface area (Å²) in [5.41, 5.74) is 3.50. The van der Waals surface area contributed by atoms with E-state index in [-0.39, 0.29) is 19.0 Å². The van der Waals surface area contributed by atoms with Crippen molar-refractivity contribution in [2.75, 3.05) is 39.5 Å². The minimum absolute atomic E-state index is 0.160. The second kappa shape index (κ2) is 9.55. The van der Waals surface area contributed by atoms with Crippen molar-refractivity contribution in [2.24, 2.45) is 0 Å². The molecule has 10 heteroatoms. The van der Waals surface area contributed by atoms with Gasteiger partial charge in [0.15, 0.2) is 0 Å². The number of sulfonamides is 1. The fourth-order valence-corrected chi connectivity index (χ4v) is 4.48. The molecule has 1 amide bonds. The second-order valence-electron chi connectivity index (χ2n) is 7.66. The first-order valence-electron chi connectivity index (χ1n) is 10.4. The van der Waals surface area contributed by atoms with Gasteiger partial charge in [-0.2, -0.15) is 9.40 Å². The van der Waals surface area contributed by atoms with Crippen LogP contribution in [0.1, 0.15) is 16.1 Å². The van der Waals surface area contributed by atoms with E-state index in [0.717, 1.165) is 11.3 Å². The lowest BCUT2D eigenvalue weighted by molar-refractivity contribution is 0.0698. The fourth-order valence-electron chi connectivity index (χ4n) is 3.66. The molecule has 3 aromatic rings. The van der Waals surface area contributed by atoms with Crippen LogP contribution in [0.2, 0.25) is 0 Å². The average Bonchev–Trinajstić information content (AvgIpc) is 3.37. The van der Waals surface area contributed by atoms with Crippen molar-refractivity contribution < 1.29 is 17.9 Å². The molecule has 0 radical (unpaired) electrons. The van der Waals surface area contributed by atoms with Crippen molar-refractivity contribution in [1.29, 1.82) is 0 Å². The zero-order valence-corrected chi connectivity index (χ0v) is 19.3. The third-order valence-corrected chi connectivity index (χ3v) is 6.70. The van der Waals surface area contributed by atoms with Crippen LogP contribution in [-0.4, -0.2) is 77.8 Å². The van der Waals surface area contributed by atoms with E-state index in [0.29, 0.717) is 30.0 Å². The van der Waals surface area contributed by atoms with E-state index in [1.165, 1.54) is 16.8 Å². The predicted molar refractivity (Wildman–Crippen MR) is 125 cm³/mol. The molecule has 0 aliphatic carbocycles. The number of carbonyl (C=O) groups excluding carboxylic acids is 1. The lowest BCUT2D eigenvalue weighted by Gasteiger charge is -2.33. The number of methoxy groups -OCH3 is 1. The maximum Gasteiger partial charge on any atom is 0.254 e. The summed E-state index contributed by atoms with van der Waals surface area (Å²) in [6, 6.07) is 13.1. The molecule has 0 bridgehead atoms. The fraction of sp³-hybridized carbons (Fsp3) is 0.261. The number of pyridine rings is 1. The molecule has 0 saturated carbocycles. The molecular weight excluding hydrogens is 442 g/mol. The van der Waals surface area contributed by atoms with Crippen molar-refractivity contribution in [1.82, 2.24) is 24.0 Å². The number of hydrogen-bond acceptors (Lipinski definition) is 6. The first-order valence-corrected chi connectivity index (χ1v) is 12.3. The van der Waals surface area contributed by atoms with Gasteiger partial charge in [0.25, 0.3) is 5.91 Å². The first kappa shape index (κ1) is 22.7. The summed E-state index contributed by atoms with van der Waals surface area (Å²) >= 11 is 0. The number of hydrogen-bond donors (Lipinski definition) is 0. The average molecular weight is 468 g/mol. The summed E-state index contributed by atoms with van der Waals surface area (Å²) < 4.78 is 31.7. The van der Waals surface area contributed by atoms with E-state index < -0.39 is 10.0 Å². The highest BCUT2D eigenvalue weighted by Crippen LogP contribution is 2.23. The zero-order valence-electron chi connectivity index (χ0n) is 18.5. The zero-order chi connectivity index (χ0) is 23.4. The van der Waals surface area contributed by atoms with Crippen LogP contribution in [0.4, 0.5) is 0 Å². The Morgan fingerprint density at radius 3 is 2.42 bits per heavy atom. The van der Waals surface area contributed by atoms with Crippen LogP contribution in [0.5, 0.6) is 0 Å². The molecule has 2 aromatic heterocycles. The van der Waals surface area contributed by atoms with Crippen molar-refractivity contribution in [3.8, 4) is 16.9 Å². The van der Waals surface area contributed by atoms with Gasteiger partial charge in [-0.15, -0.1) is 0 Å². The van der Waals surface area contributed by atoms with E-state index in [2.05, 4.69) is 10.1 Å². The summed E-state index contributed by atoms with van der Waals surface area (Å²) in [7, 11) is -1.72. The van der Waals surface area contributed by atoms with E-state index in [1.54, 1.807) is 41.1 Å². The maximum atomic E-state index is 13.2. The molecule has 0 N–H and O–H groups in total. The van der Waals surface area contributed by atoms with Crippen LogP contribution in [0, 0.1) is 0 Å². The number of carbonyl (C=O) groups is 1. The Bertz CT molecular complexity index is 1250. The van der Waals surface area contributed by atoms with Gasteiger partial charge in [-0.05, 0) is 36.4 Å². The van der Waals surface area contributed by atoms with E-state index in [4.69, 9.17) is 4.74 Å². The van der Waals surface area contributed by atoms with Gasteiger partial charge in [0, 0.05) is 49.7 Å². The molecule has 3 heterocycles. The summed E-state index contributed by atoms with van der Waals surface area (Å²) in [5, 5.41) is 4.23. The molecule has 0 spiro atoms. The Kier molecular flexibility index (Phi) is 6.57. The van der Waals surface area contributed by atoms with Crippen molar-refractivity contribution in [3.63, 3.8) is 0 Å². The number of aromatic nitrogens is 3. The van der Waals surface area contributed by atoms with Gasteiger partial charge in [-0.25, -0.2) is 18.1 Å². The normalized spacial score (nSPS) is 15.2. The number of amides is 1. The van der Waals surface area contributed by atoms with Crippen molar-refractivity contribution >= 4 is 22.0 Å². The Hall–Kier alpha value is -3.50. The van der Waals surface area contributed by atoms with E-state index in [9.17, 15) is 13.2 Å². The van der Waals surface area contributed by atoms with Gasteiger partial charge in [0.05, 0.1) is 36.7 Å². The standard InChI is InChI=1S/C23H25N5O4S/c1-32-15-8-20-16-19(23(29)26-11-13-27(14-12-26)33(2,30)31)17-22(25-20)18-4-6-21(7-5-18)28-10-3-9-24-28/h3-10,15-17H,11-14H2,1-2H3/b15-8+. The molecule has 1 saturated heterocycles. The Labute approximate surface area is 193 Å². The van der Waals surface area contributed by atoms with Gasteiger partial charge < -0.3 is 9.64 Å². The second-order valence-corrected chi connectivity index (χ2v) is 9.64. The topological polar surface area (TPSA) is 97.6 Å². The number of benzene rings is 1. The Morgan fingerprint density at radius 1 is 1.09 bits per heavy atom. The van der Waals surface area contributed by atoms with Crippen LogP contribution in [0.15, 0.2) is 61.1 Å². The van der Waals surface area contributed by atoms with E-state index in [1.807, 2.05) is 36.5 Å². The van der Waals surface area contributed by atoms with Gasteiger partial charge in [0.2, 0.25) is 10.0 Å². The number of ether oxygens (including phenoxy) is 1. The molecule has 0 unspecified atom stereocenters. The van der Waals surface area contributed by atoms with Gasteiger partial charge >= 0.3 is 0 Å². The monoisotopic (exact) mass is 467 g/mol. The van der Waals surface area contributed by atoms with Crippen LogP contribution in [0.25, 0.3) is 23.0 Å². The van der Waals surface area contributed by atoms with E-state index >= 15 is 0 Å². The minimum atomic E-state index is -3.26. The molecule has 9 nitrogen and oxygen atoms in total. The molecule has 1 aromatic carbocycles. The smallest absolute Gasteiger partial charge is 0.254 e. The summed E-state index contributed by atoms with van der Waals surface area (Å²) in [6.45, 7) is 1.25. The summed E-state index contributed by atoms with van der Waals surface area (Å²) in [6.07, 6.45) is 7.97. The molecule has 0 atom stereocenters. The summed E-state index contributed by atoms with van der Waals surface area (Å²) in [4.78, 5) is 19.6. The van der Waals surface area contributed by atoms with Crippen LogP contribution >= 0.6 is 0 Å². The van der Waals surface area contributed by atoms with Crippen LogP contribution in [0.3, 0.4) is 0 Å². The third-order valence-electron chi connectivity index (χ3n) is 5.39. The molecule has 172 valence electrons. The largest absolute Gasteiger partial charge is 0.504 e. The number of piperazine rings is 1. The van der Waals surface area contributed by atoms with Crippen LogP contribution < -0.4 is 0 Å². The SMILES string of the molecule is CO/C=C/c1cc(C(=O)N2CCN(S(C)(=O)=O)CC2)cc(-c2ccc(-n3cccn3)cc2)n1. The lowest BCUT2D eigenvalue weighted by Crippen LogP contribution is -2.50. The molecule has 4 rings (SSSR count). The van der Waals surface area contributed by atoms with Crippen LogP contribution in [-0.2, 0) is 14.8 Å². The van der Waals surface area contributed by atoms with Crippen molar-refractivity contribution in [2.45, 2.75) is 0 Å². The third kappa shape index (κ3) is 5.29. The number of rotatable bonds is 6. The Balaban J connectivity index is 1.61. The van der Waals surface area contributed by atoms with Gasteiger partial charge in [0.1, 0.15) is 0 Å².